The Labute approximate surface area is 150 Å². The number of aryl methyl sites for hydroxylation is 1. The smallest absolute Gasteiger partial charge is 0.347 e. The minimum Gasteiger partial charge on any atom is -0.387 e. The van der Waals surface area contributed by atoms with Gasteiger partial charge < -0.3 is 19.7 Å². The fourth-order valence-corrected chi connectivity index (χ4v) is 2.05. The molecule has 0 aliphatic rings. The summed E-state index contributed by atoms with van der Waals surface area (Å²) in [7, 11) is 0. The highest BCUT2D eigenvalue weighted by atomic mass is 16.6. The first-order chi connectivity index (χ1) is 12.2. The van der Waals surface area contributed by atoms with Gasteiger partial charge in [-0.2, -0.15) is 0 Å². The third-order valence-corrected chi connectivity index (χ3v) is 3.44. The molecular weight excluding hydrogens is 344 g/mol. The molecule has 0 amide bonds. The molecule has 8 nitrogen and oxygen atoms in total. The van der Waals surface area contributed by atoms with Gasteiger partial charge in [-0.1, -0.05) is 25.5 Å². The summed E-state index contributed by atoms with van der Waals surface area (Å²) in [6, 6.07) is 4.34. The maximum atomic E-state index is 12.4. The zero-order chi connectivity index (χ0) is 19.9. The molecule has 0 spiro atoms. The Morgan fingerprint density at radius 2 is 1.50 bits per heavy atom. The number of aliphatic hydroxyl groups excluding tert-OH is 2. The summed E-state index contributed by atoms with van der Waals surface area (Å²) in [5.74, 6) is -4.61. The van der Waals surface area contributed by atoms with E-state index < -0.39 is 36.1 Å². The average molecular weight is 366 g/mol. The second-order valence-corrected chi connectivity index (χ2v) is 5.71. The topological polar surface area (TPSA) is 127 Å². The fraction of sp³-hybridized carbons (Fsp3) is 0.444. The number of carbonyl (C=O) groups excluding carboxylic acids is 4. The number of unbranched alkanes of at least 4 members (excludes halogenated alkanes) is 1. The highest BCUT2D eigenvalue weighted by Gasteiger charge is 2.27. The predicted molar refractivity (Wildman–Crippen MR) is 89.3 cm³/mol. The molecule has 1 rings (SSSR count). The lowest BCUT2D eigenvalue weighted by atomic mass is 9.97. The van der Waals surface area contributed by atoms with Crippen LogP contribution in [-0.2, 0) is 25.5 Å². The van der Waals surface area contributed by atoms with Crippen LogP contribution in [0.5, 0.6) is 0 Å². The van der Waals surface area contributed by atoms with E-state index in [9.17, 15) is 24.3 Å². The summed E-state index contributed by atoms with van der Waals surface area (Å²) in [4.78, 5) is 47.6. The SMILES string of the molecule is CCCCc1cccc(C(=O)OC(=O)C(C)O)c1C(=O)OC(=O)C(C)O. The molecule has 2 atom stereocenters. The molecule has 26 heavy (non-hydrogen) atoms. The van der Waals surface area contributed by atoms with Gasteiger partial charge in [-0.25, -0.2) is 19.2 Å². The van der Waals surface area contributed by atoms with Gasteiger partial charge in [-0.05, 0) is 38.3 Å². The molecule has 0 radical (unpaired) electrons. The molecule has 1 aromatic rings. The molecule has 0 aliphatic carbocycles. The monoisotopic (exact) mass is 366 g/mol. The van der Waals surface area contributed by atoms with Gasteiger partial charge >= 0.3 is 23.9 Å². The van der Waals surface area contributed by atoms with Crippen LogP contribution in [0.3, 0.4) is 0 Å². The summed E-state index contributed by atoms with van der Waals surface area (Å²) in [5, 5.41) is 18.4. The van der Waals surface area contributed by atoms with E-state index in [-0.39, 0.29) is 11.1 Å². The van der Waals surface area contributed by atoms with E-state index >= 15 is 0 Å². The van der Waals surface area contributed by atoms with Crippen molar-refractivity contribution >= 4 is 23.9 Å². The highest BCUT2D eigenvalue weighted by Crippen LogP contribution is 2.20. The number of rotatable bonds is 7. The first kappa shape index (κ1) is 21.5. The molecule has 0 bridgehead atoms. The Kier molecular flexibility index (Phi) is 8.08. The lowest BCUT2D eigenvalue weighted by Gasteiger charge is -2.13. The van der Waals surface area contributed by atoms with E-state index in [1.807, 2.05) is 6.92 Å². The second-order valence-electron chi connectivity index (χ2n) is 5.71. The third-order valence-electron chi connectivity index (χ3n) is 3.44. The molecule has 0 aliphatic heterocycles. The minimum atomic E-state index is -1.52. The van der Waals surface area contributed by atoms with E-state index in [1.54, 1.807) is 6.07 Å². The van der Waals surface area contributed by atoms with Crippen molar-refractivity contribution in [3.63, 3.8) is 0 Å². The summed E-state index contributed by atoms with van der Waals surface area (Å²) in [6.07, 6.45) is -1.09. The Morgan fingerprint density at radius 1 is 0.962 bits per heavy atom. The van der Waals surface area contributed by atoms with Crippen molar-refractivity contribution < 1.29 is 38.9 Å². The summed E-state index contributed by atoms with van der Waals surface area (Å²) in [5.41, 5.74) is -0.0384. The van der Waals surface area contributed by atoms with E-state index in [4.69, 9.17) is 5.11 Å². The van der Waals surface area contributed by atoms with Crippen molar-refractivity contribution in [2.24, 2.45) is 0 Å². The first-order valence-corrected chi connectivity index (χ1v) is 8.19. The summed E-state index contributed by atoms with van der Waals surface area (Å²) in [6.45, 7) is 4.20. The number of aliphatic hydroxyl groups is 2. The molecule has 0 aromatic heterocycles. The lowest BCUT2D eigenvalue weighted by molar-refractivity contribution is -0.147. The van der Waals surface area contributed by atoms with Gasteiger partial charge in [0.1, 0.15) is 12.2 Å². The van der Waals surface area contributed by atoms with Gasteiger partial charge in [0.05, 0.1) is 11.1 Å². The Morgan fingerprint density at radius 3 is 2.00 bits per heavy atom. The van der Waals surface area contributed by atoms with Crippen molar-refractivity contribution in [1.82, 2.24) is 0 Å². The maximum absolute atomic E-state index is 12.4. The van der Waals surface area contributed by atoms with E-state index in [1.165, 1.54) is 12.1 Å². The van der Waals surface area contributed by atoms with Crippen LogP contribution in [0.15, 0.2) is 18.2 Å². The fourth-order valence-electron chi connectivity index (χ4n) is 2.05. The molecular formula is C18H22O8. The zero-order valence-electron chi connectivity index (χ0n) is 14.9. The van der Waals surface area contributed by atoms with Crippen LogP contribution in [0, 0.1) is 0 Å². The van der Waals surface area contributed by atoms with E-state index in [2.05, 4.69) is 9.47 Å². The van der Waals surface area contributed by atoms with Gasteiger partial charge in [0, 0.05) is 0 Å². The number of hydrogen-bond acceptors (Lipinski definition) is 8. The molecule has 0 saturated carbocycles. The molecule has 2 unspecified atom stereocenters. The molecule has 8 heteroatoms. The number of ether oxygens (including phenoxy) is 2. The third kappa shape index (κ3) is 5.75. The van der Waals surface area contributed by atoms with Crippen LogP contribution in [-0.4, -0.2) is 46.3 Å². The number of hydrogen-bond donors (Lipinski definition) is 2. The van der Waals surface area contributed by atoms with Crippen LogP contribution in [0.25, 0.3) is 0 Å². The van der Waals surface area contributed by atoms with Gasteiger partial charge in [0.15, 0.2) is 0 Å². The largest absolute Gasteiger partial charge is 0.387 e. The second kappa shape index (κ2) is 9.79. The van der Waals surface area contributed by atoms with Gasteiger partial charge in [0.2, 0.25) is 0 Å². The highest BCUT2D eigenvalue weighted by molar-refractivity contribution is 6.09. The van der Waals surface area contributed by atoms with E-state index in [0.29, 0.717) is 18.4 Å². The molecule has 0 saturated heterocycles. The van der Waals surface area contributed by atoms with Crippen LogP contribution in [0.4, 0.5) is 0 Å². The van der Waals surface area contributed by atoms with Gasteiger partial charge in [-0.15, -0.1) is 0 Å². The van der Waals surface area contributed by atoms with Crippen LogP contribution >= 0.6 is 0 Å². The normalized spacial score (nSPS) is 12.8. The Balaban J connectivity index is 3.27. The first-order valence-electron chi connectivity index (χ1n) is 8.19. The lowest BCUT2D eigenvalue weighted by Crippen LogP contribution is -2.27. The molecule has 2 N–H and O–H groups in total. The van der Waals surface area contributed by atoms with Gasteiger partial charge in [0.25, 0.3) is 0 Å². The van der Waals surface area contributed by atoms with Crippen molar-refractivity contribution in [2.75, 3.05) is 0 Å². The summed E-state index contributed by atoms with van der Waals surface area (Å²) >= 11 is 0. The molecule has 0 heterocycles. The minimum absolute atomic E-state index is 0.210. The number of benzene rings is 1. The Hall–Kier alpha value is -2.58. The van der Waals surface area contributed by atoms with Crippen LogP contribution in [0.1, 0.15) is 59.9 Å². The molecule has 0 fully saturated rings. The number of esters is 4. The van der Waals surface area contributed by atoms with Crippen molar-refractivity contribution in [1.29, 1.82) is 0 Å². The average Bonchev–Trinajstić information content (AvgIpc) is 2.58. The molecule has 1 aromatic carbocycles. The Bertz CT molecular complexity index is 690. The van der Waals surface area contributed by atoms with Gasteiger partial charge in [-0.3, -0.25) is 0 Å². The number of carbonyl (C=O) groups is 4. The van der Waals surface area contributed by atoms with Crippen LogP contribution < -0.4 is 0 Å². The van der Waals surface area contributed by atoms with Crippen molar-refractivity contribution in [3.8, 4) is 0 Å². The van der Waals surface area contributed by atoms with Crippen molar-refractivity contribution in [3.05, 3.63) is 34.9 Å². The maximum Gasteiger partial charge on any atom is 0.347 e. The van der Waals surface area contributed by atoms with Crippen molar-refractivity contribution in [2.45, 2.75) is 52.2 Å². The quantitative estimate of drug-likeness (QED) is 0.543. The summed E-state index contributed by atoms with van der Waals surface area (Å²) < 4.78 is 9.12. The van der Waals surface area contributed by atoms with E-state index in [0.717, 1.165) is 20.3 Å². The zero-order valence-corrected chi connectivity index (χ0v) is 14.9. The molecule has 142 valence electrons. The predicted octanol–water partition coefficient (Wildman–Crippen LogP) is 1.16. The standard InChI is InChI=1S/C18H22O8/c1-4-5-7-12-8-6-9-13(17(23)25-15(21)10(2)19)14(12)18(24)26-16(22)11(3)20/h6,8-11,19-20H,4-5,7H2,1-3H3. The van der Waals surface area contributed by atoms with Crippen LogP contribution in [0.2, 0.25) is 0 Å².